The quantitative estimate of drug-likeness (QED) is 0.566. The third-order valence-corrected chi connectivity index (χ3v) is 3.28. The number of amides is 1. The number of nitrogens with one attached hydrogen (secondary N) is 1. The molecule has 0 spiro atoms. The molecule has 1 N–H and O–H groups in total. The van der Waals surface area contributed by atoms with Crippen LogP contribution in [0.5, 0.6) is 0 Å². The molecular formula is C17H13ClN2O3. The predicted molar refractivity (Wildman–Crippen MR) is 89.5 cm³/mol. The number of hydrogen-bond donors (Lipinski definition) is 1. The SMILES string of the molecule is CC(/C=N/NC(=O)c1cc2cc(Cl)ccc2o1)=C\c1ccco1. The summed E-state index contributed by atoms with van der Waals surface area (Å²) < 4.78 is 10.6. The first-order valence-electron chi connectivity index (χ1n) is 6.86. The monoisotopic (exact) mass is 328 g/mol. The van der Waals surface area contributed by atoms with E-state index in [1.807, 2.05) is 13.0 Å². The number of benzene rings is 1. The standard InChI is InChI=1S/C17H13ClN2O3/c1-11(7-14-3-2-6-22-14)10-19-20-17(21)16-9-12-8-13(18)4-5-15(12)23-16/h2-10H,1H3,(H,20,21)/b11-7+,19-10+. The predicted octanol–water partition coefficient (Wildman–Crippen LogP) is 4.50. The van der Waals surface area contributed by atoms with Crippen LogP contribution in [0.4, 0.5) is 0 Å². The zero-order valence-electron chi connectivity index (χ0n) is 12.2. The molecular weight excluding hydrogens is 316 g/mol. The van der Waals surface area contributed by atoms with Crippen molar-refractivity contribution in [3.05, 3.63) is 64.8 Å². The summed E-state index contributed by atoms with van der Waals surface area (Å²) in [5.41, 5.74) is 3.84. The fraction of sp³-hybridized carbons (Fsp3) is 0.0588. The van der Waals surface area contributed by atoms with Gasteiger partial charge in [0.15, 0.2) is 5.76 Å². The van der Waals surface area contributed by atoms with Gasteiger partial charge in [-0.05, 0) is 55.0 Å². The van der Waals surface area contributed by atoms with Crippen molar-refractivity contribution in [2.75, 3.05) is 0 Å². The molecule has 3 aromatic rings. The maximum atomic E-state index is 12.0. The zero-order chi connectivity index (χ0) is 16.2. The maximum absolute atomic E-state index is 12.0. The summed E-state index contributed by atoms with van der Waals surface area (Å²) in [7, 11) is 0. The summed E-state index contributed by atoms with van der Waals surface area (Å²) in [4.78, 5) is 12.0. The number of halogens is 1. The lowest BCUT2D eigenvalue weighted by Gasteiger charge is -1.95. The van der Waals surface area contributed by atoms with Gasteiger partial charge < -0.3 is 8.83 Å². The van der Waals surface area contributed by atoms with Gasteiger partial charge in [-0.25, -0.2) is 5.43 Å². The molecule has 0 atom stereocenters. The van der Waals surface area contributed by atoms with Crippen molar-refractivity contribution in [2.45, 2.75) is 6.92 Å². The first-order chi connectivity index (χ1) is 11.1. The molecule has 1 aromatic carbocycles. The maximum Gasteiger partial charge on any atom is 0.307 e. The molecule has 3 rings (SSSR count). The van der Waals surface area contributed by atoms with Crippen LogP contribution in [0.2, 0.25) is 5.02 Å². The van der Waals surface area contributed by atoms with Crippen molar-refractivity contribution in [1.29, 1.82) is 0 Å². The lowest BCUT2D eigenvalue weighted by Crippen LogP contribution is -2.16. The molecule has 23 heavy (non-hydrogen) atoms. The van der Waals surface area contributed by atoms with Crippen LogP contribution < -0.4 is 5.43 Å². The molecule has 0 aliphatic heterocycles. The molecule has 1 amide bonds. The number of nitrogens with zero attached hydrogens (tertiary/aromatic N) is 1. The number of hydrogen-bond acceptors (Lipinski definition) is 4. The fourth-order valence-corrected chi connectivity index (χ4v) is 2.19. The van der Waals surface area contributed by atoms with Crippen LogP contribution in [0, 0.1) is 0 Å². The van der Waals surface area contributed by atoms with Crippen molar-refractivity contribution >= 4 is 40.8 Å². The van der Waals surface area contributed by atoms with Crippen LogP contribution >= 0.6 is 11.6 Å². The summed E-state index contributed by atoms with van der Waals surface area (Å²) >= 11 is 5.90. The van der Waals surface area contributed by atoms with Crippen molar-refractivity contribution in [3.63, 3.8) is 0 Å². The van der Waals surface area contributed by atoms with Gasteiger partial charge in [0, 0.05) is 10.4 Å². The van der Waals surface area contributed by atoms with Crippen molar-refractivity contribution in [2.24, 2.45) is 5.10 Å². The van der Waals surface area contributed by atoms with Gasteiger partial charge in [0.05, 0.1) is 12.5 Å². The van der Waals surface area contributed by atoms with Crippen LogP contribution in [0.1, 0.15) is 23.2 Å². The van der Waals surface area contributed by atoms with E-state index >= 15 is 0 Å². The summed E-state index contributed by atoms with van der Waals surface area (Å²) in [6.45, 7) is 1.85. The van der Waals surface area contributed by atoms with E-state index in [0.29, 0.717) is 10.6 Å². The minimum Gasteiger partial charge on any atom is -0.465 e. The average molecular weight is 329 g/mol. The first-order valence-corrected chi connectivity index (χ1v) is 7.24. The Balaban J connectivity index is 1.67. The van der Waals surface area contributed by atoms with E-state index in [1.54, 1.807) is 42.7 Å². The molecule has 0 saturated carbocycles. The second-order valence-corrected chi connectivity index (χ2v) is 5.33. The van der Waals surface area contributed by atoms with Crippen molar-refractivity contribution < 1.29 is 13.6 Å². The molecule has 6 heteroatoms. The molecule has 0 aliphatic carbocycles. The molecule has 2 aromatic heterocycles. The van der Waals surface area contributed by atoms with Crippen LogP contribution in [0.25, 0.3) is 17.0 Å². The highest BCUT2D eigenvalue weighted by atomic mass is 35.5. The van der Waals surface area contributed by atoms with Gasteiger partial charge >= 0.3 is 5.91 Å². The van der Waals surface area contributed by atoms with Crippen LogP contribution in [-0.2, 0) is 0 Å². The van der Waals surface area contributed by atoms with E-state index in [-0.39, 0.29) is 5.76 Å². The summed E-state index contributed by atoms with van der Waals surface area (Å²) in [5.74, 6) is 0.459. The number of furan rings is 2. The Bertz CT molecular complexity index is 892. The molecule has 0 bridgehead atoms. The van der Waals surface area contributed by atoms with Gasteiger partial charge in [-0.1, -0.05) is 11.6 Å². The Morgan fingerprint density at radius 3 is 2.96 bits per heavy atom. The molecule has 116 valence electrons. The summed E-state index contributed by atoms with van der Waals surface area (Å²) in [6, 6.07) is 10.4. The molecule has 0 saturated heterocycles. The van der Waals surface area contributed by atoms with Gasteiger partial charge in [-0.3, -0.25) is 4.79 Å². The molecule has 0 unspecified atom stereocenters. The van der Waals surface area contributed by atoms with E-state index in [9.17, 15) is 4.79 Å². The molecule has 2 heterocycles. The Morgan fingerprint density at radius 2 is 2.17 bits per heavy atom. The Hall–Kier alpha value is -2.79. The van der Waals surface area contributed by atoms with Gasteiger partial charge in [0.1, 0.15) is 11.3 Å². The van der Waals surface area contributed by atoms with Crippen LogP contribution in [0.15, 0.2) is 62.2 Å². The van der Waals surface area contributed by atoms with Gasteiger partial charge in [-0.2, -0.15) is 5.10 Å². The van der Waals surface area contributed by atoms with Crippen LogP contribution in [-0.4, -0.2) is 12.1 Å². The molecule has 5 nitrogen and oxygen atoms in total. The van der Waals surface area contributed by atoms with E-state index in [0.717, 1.165) is 16.7 Å². The van der Waals surface area contributed by atoms with Crippen LogP contribution in [0.3, 0.4) is 0 Å². The number of carbonyl (C=O) groups excluding carboxylic acids is 1. The summed E-state index contributed by atoms with van der Waals surface area (Å²) in [5, 5.41) is 5.24. The third kappa shape index (κ3) is 3.70. The highest BCUT2D eigenvalue weighted by molar-refractivity contribution is 6.31. The van der Waals surface area contributed by atoms with Gasteiger partial charge in [0.2, 0.25) is 0 Å². The Kier molecular flexibility index (Phi) is 4.30. The largest absolute Gasteiger partial charge is 0.465 e. The summed E-state index contributed by atoms with van der Waals surface area (Å²) in [6.07, 6.45) is 4.92. The van der Waals surface area contributed by atoms with E-state index in [2.05, 4.69) is 10.5 Å². The minimum atomic E-state index is -0.431. The average Bonchev–Trinajstić information content (AvgIpc) is 3.15. The van der Waals surface area contributed by atoms with E-state index in [4.69, 9.17) is 20.4 Å². The molecule has 0 fully saturated rings. The van der Waals surface area contributed by atoms with E-state index < -0.39 is 5.91 Å². The normalized spacial score (nSPS) is 12.2. The van der Waals surface area contributed by atoms with Gasteiger partial charge in [0.25, 0.3) is 0 Å². The number of allylic oxidation sites excluding steroid dienone is 1. The Morgan fingerprint density at radius 1 is 1.30 bits per heavy atom. The smallest absolute Gasteiger partial charge is 0.307 e. The molecule has 0 aliphatic rings. The highest BCUT2D eigenvalue weighted by Crippen LogP contribution is 2.22. The Labute approximate surface area is 137 Å². The fourth-order valence-electron chi connectivity index (χ4n) is 2.01. The van der Waals surface area contributed by atoms with Crippen molar-refractivity contribution in [3.8, 4) is 0 Å². The third-order valence-electron chi connectivity index (χ3n) is 3.05. The lowest BCUT2D eigenvalue weighted by atomic mass is 10.2. The first kappa shape index (κ1) is 15.1. The highest BCUT2D eigenvalue weighted by Gasteiger charge is 2.11. The number of hydrazone groups is 1. The number of fused-ring (bicyclic) bond motifs is 1. The number of rotatable bonds is 4. The van der Waals surface area contributed by atoms with Gasteiger partial charge in [-0.15, -0.1) is 0 Å². The minimum absolute atomic E-state index is 0.173. The molecule has 0 radical (unpaired) electrons. The topological polar surface area (TPSA) is 67.7 Å². The lowest BCUT2D eigenvalue weighted by molar-refractivity contribution is 0.0929. The second-order valence-electron chi connectivity index (χ2n) is 4.90. The second kappa shape index (κ2) is 6.54. The van der Waals surface area contributed by atoms with Crippen molar-refractivity contribution in [1.82, 2.24) is 5.43 Å². The number of carbonyl (C=O) groups is 1. The zero-order valence-corrected chi connectivity index (χ0v) is 13.0. The van der Waals surface area contributed by atoms with E-state index in [1.165, 1.54) is 6.21 Å².